The van der Waals surface area contributed by atoms with E-state index in [9.17, 15) is 4.79 Å². The monoisotopic (exact) mass is 615 g/mol. The van der Waals surface area contributed by atoms with Crippen LogP contribution in [0.5, 0.6) is 0 Å². The Kier molecular flexibility index (Phi) is 7.84. The van der Waals surface area contributed by atoms with Crippen molar-refractivity contribution in [2.45, 2.75) is 25.7 Å². The van der Waals surface area contributed by atoms with Crippen molar-refractivity contribution >= 4 is 67.4 Å². The first-order chi connectivity index (χ1) is 18.6. The SMILES string of the molecule is O=C(SNc1nc(-c2cccc(Br)c2)cs1)N1CCN(c2nc(N3CCCC3)nc(N3CCCC3)n2)CC1. The van der Waals surface area contributed by atoms with Gasteiger partial charge in [0.25, 0.3) is 0 Å². The van der Waals surface area contributed by atoms with E-state index in [1.165, 1.54) is 37.0 Å². The number of nitrogens with zero attached hydrogens (tertiary/aromatic N) is 8. The van der Waals surface area contributed by atoms with Gasteiger partial charge in [0, 0.05) is 79.7 Å². The van der Waals surface area contributed by atoms with Crippen LogP contribution in [0.2, 0.25) is 0 Å². The maximum Gasteiger partial charge on any atom is 0.302 e. The topological polar surface area (TPSA) is 93.6 Å². The second-order valence-electron chi connectivity index (χ2n) is 9.62. The zero-order valence-corrected chi connectivity index (χ0v) is 24.3. The van der Waals surface area contributed by atoms with Crippen LogP contribution in [-0.4, -0.2) is 82.4 Å². The molecular formula is C25H30BrN9OS2. The molecule has 6 rings (SSSR count). The van der Waals surface area contributed by atoms with Crippen LogP contribution in [-0.2, 0) is 0 Å². The predicted octanol–water partition coefficient (Wildman–Crippen LogP) is 4.96. The third-order valence-corrected chi connectivity index (χ3v) is 9.16. The molecule has 1 N–H and O–H groups in total. The maximum absolute atomic E-state index is 12.9. The van der Waals surface area contributed by atoms with Gasteiger partial charge in [0.2, 0.25) is 17.8 Å². The second kappa shape index (κ2) is 11.6. The van der Waals surface area contributed by atoms with Crippen LogP contribution in [0.3, 0.4) is 0 Å². The van der Waals surface area contributed by atoms with Crippen molar-refractivity contribution in [1.29, 1.82) is 0 Å². The van der Waals surface area contributed by atoms with Crippen molar-refractivity contribution in [2.75, 3.05) is 71.8 Å². The number of amides is 1. The van der Waals surface area contributed by atoms with E-state index in [-0.39, 0.29) is 5.24 Å². The quantitative estimate of drug-likeness (QED) is 0.383. The maximum atomic E-state index is 12.9. The summed E-state index contributed by atoms with van der Waals surface area (Å²) in [5.74, 6) is 2.31. The molecule has 0 spiro atoms. The molecular weight excluding hydrogens is 586 g/mol. The van der Waals surface area contributed by atoms with E-state index >= 15 is 0 Å². The Morgan fingerprint density at radius 1 is 0.816 bits per heavy atom. The number of thiazole rings is 1. The van der Waals surface area contributed by atoms with Crippen molar-refractivity contribution in [3.8, 4) is 11.3 Å². The lowest BCUT2D eigenvalue weighted by Crippen LogP contribution is -2.48. The molecule has 10 nitrogen and oxygen atoms in total. The van der Waals surface area contributed by atoms with Gasteiger partial charge in [-0.1, -0.05) is 28.1 Å². The fourth-order valence-corrected chi connectivity index (χ4v) is 6.76. The molecule has 3 saturated heterocycles. The van der Waals surface area contributed by atoms with Gasteiger partial charge >= 0.3 is 5.24 Å². The van der Waals surface area contributed by atoms with Crippen LogP contribution in [0, 0.1) is 0 Å². The van der Waals surface area contributed by atoms with E-state index in [1.54, 1.807) is 0 Å². The van der Waals surface area contributed by atoms with Gasteiger partial charge in [0.05, 0.1) is 5.69 Å². The highest BCUT2D eigenvalue weighted by Gasteiger charge is 2.27. The Balaban J connectivity index is 1.06. The van der Waals surface area contributed by atoms with Crippen molar-refractivity contribution in [2.24, 2.45) is 0 Å². The number of rotatable bonds is 6. The summed E-state index contributed by atoms with van der Waals surface area (Å²) in [6, 6.07) is 8.03. The number of benzene rings is 1. The van der Waals surface area contributed by atoms with Gasteiger partial charge in [0.15, 0.2) is 5.13 Å². The zero-order valence-electron chi connectivity index (χ0n) is 21.1. The molecule has 0 radical (unpaired) electrons. The van der Waals surface area contributed by atoms with E-state index in [0.717, 1.165) is 71.7 Å². The molecule has 0 unspecified atom stereocenters. The molecule has 0 aliphatic carbocycles. The van der Waals surface area contributed by atoms with Gasteiger partial charge < -0.3 is 19.6 Å². The molecule has 2 aromatic heterocycles. The molecule has 0 saturated carbocycles. The Morgan fingerprint density at radius 2 is 1.39 bits per heavy atom. The summed E-state index contributed by atoms with van der Waals surface area (Å²) in [6.45, 7) is 6.63. The number of anilines is 4. The minimum atomic E-state index is -0.00462. The largest absolute Gasteiger partial charge is 0.341 e. The van der Waals surface area contributed by atoms with Crippen LogP contribution in [0.25, 0.3) is 11.3 Å². The van der Waals surface area contributed by atoms with E-state index in [0.29, 0.717) is 31.3 Å². The third-order valence-electron chi connectivity index (χ3n) is 7.05. The highest BCUT2D eigenvalue weighted by Crippen LogP contribution is 2.29. The van der Waals surface area contributed by atoms with Crippen molar-refractivity contribution in [3.63, 3.8) is 0 Å². The fourth-order valence-electron chi connectivity index (χ4n) is 4.94. The molecule has 13 heteroatoms. The second-order valence-corrected chi connectivity index (χ2v) is 12.1. The number of piperazine rings is 1. The minimum absolute atomic E-state index is 0.00462. The summed E-state index contributed by atoms with van der Waals surface area (Å²) in [4.78, 5) is 40.7. The van der Waals surface area contributed by atoms with Gasteiger partial charge in [0.1, 0.15) is 0 Å². The Hall–Kier alpha value is -2.64. The highest BCUT2D eigenvalue weighted by molar-refractivity contribution is 9.10. The van der Waals surface area contributed by atoms with E-state index < -0.39 is 0 Å². The molecule has 1 aromatic carbocycles. The van der Waals surface area contributed by atoms with Crippen molar-refractivity contribution in [1.82, 2.24) is 24.8 Å². The van der Waals surface area contributed by atoms with E-state index in [4.69, 9.17) is 15.0 Å². The average molecular weight is 617 g/mol. The van der Waals surface area contributed by atoms with Crippen LogP contribution in [0.1, 0.15) is 25.7 Å². The molecule has 5 heterocycles. The molecule has 3 aromatic rings. The molecule has 0 atom stereocenters. The van der Waals surface area contributed by atoms with Crippen LogP contribution in [0.4, 0.5) is 27.8 Å². The summed E-state index contributed by atoms with van der Waals surface area (Å²) in [6.07, 6.45) is 4.72. The summed E-state index contributed by atoms with van der Waals surface area (Å²) in [7, 11) is 0. The van der Waals surface area contributed by atoms with E-state index in [2.05, 4.69) is 40.3 Å². The summed E-state index contributed by atoms with van der Waals surface area (Å²) >= 11 is 6.08. The molecule has 1 amide bonds. The van der Waals surface area contributed by atoms with Gasteiger partial charge in [-0.05, 0) is 37.8 Å². The number of aromatic nitrogens is 4. The lowest BCUT2D eigenvalue weighted by Gasteiger charge is -2.35. The number of hydrogen-bond donors (Lipinski definition) is 1. The Bertz CT molecular complexity index is 1240. The summed E-state index contributed by atoms with van der Waals surface area (Å²) in [5.41, 5.74) is 1.93. The lowest BCUT2D eigenvalue weighted by atomic mass is 10.2. The van der Waals surface area contributed by atoms with Crippen molar-refractivity contribution in [3.05, 3.63) is 34.1 Å². The van der Waals surface area contributed by atoms with Gasteiger partial charge in [-0.15, -0.1) is 11.3 Å². The molecule has 3 aliphatic heterocycles. The van der Waals surface area contributed by atoms with Gasteiger partial charge in [-0.25, -0.2) is 4.98 Å². The Morgan fingerprint density at radius 3 is 1.97 bits per heavy atom. The predicted molar refractivity (Wildman–Crippen MR) is 158 cm³/mol. The first-order valence-electron chi connectivity index (χ1n) is 13.1. The average Bonchev–Trinajstić information content (AvgIpc) is 3.75. The standard InChI is InChI=1S/C25H30BrN9OS2/c26-19-7-5-6-18(16-19)20-17-37-24(27-20)31-38-25(36)35-14-12-34(13-15-35)23-29-21(32-8-1-2-9-32)28-22(30-23)33-10-3-4-11-33/h5-7,16-17H,1-4,8-15H2,(H,27,31). The lowest BCUT2D eigenvalue weighted by molar-refractivity contribution is 0.219. The number of hydrogen-bond acceptors (Lipinski definition) is 11. The van der Waals surface area contributed by atoms with E-state index in [1.807, 2.05) is 34.5 Å². The number of carbonyl (C=O) groups is 1. The number of carbonyl (C=O) groups excluding carboxylic acids is 1. The summed E-state index contributed by atoms with van der Waals surface area (Å²) in [5, 5.41) is 2.70. The molecule has 3 fully saturated rings. The normalized spacial score (nSPS) is 17.9. The number of nitrogens with one attached hydrogen (secondary N) is 1. The summed E-state index contributed by atoms with van der Waals surface area (Å²) < 4.78 is 4.14. The molecule has 3 aliphatic rings. The van der Waals surface area contributed by atoms with Crippen LogP contribution >= 0.6 is 39.2 Å². The molecule has 200 valence electrons. The molecule has 0 bridgehead atoms. The zero-order chi connectivity index (χ0) is 25.9. The highest BCUT2D eigenvalue weighted by atomic mass is 79.9. The molecule has 38 heavy (non-hydrogen) atoms. The fraction of sp³-hybridized carbons (Fsp3) is 0.480. The van der Waals surface area contributed by atoms with Crippen LogP contribution in [0.15, 0.2) is 34.1 Å². The van der Waals surface area contributed by atoms with Crippen LogP contribution < -0.4 is 19.4 Å². The first-order valence-corrected chi connectivity index (χ1v) is 15.6. The third kappa shape index (κ3) is 5.84. The van der Waals surface area contributed by atoms with Gasteiger partial charge in [-0.3, -0.25) is 9.52 Å². The smallest absolute Gasteiger partial charge is 0.302 e. The van der Waals surface area contributed by atoms with Crippen molar-refractivity contribution < 1.29 is 4.79 Å². The number of halogens is 1. The minimum Gasteiger partial charge on any atom is -0.341 e. The first kappa shape index (κ1) is 25.6. The Labute approximate surface area is 239 Å². The van der Waals surface area contributed by atoms with Gasteiger partial charge in [-0.2, -0.15) is 15.0 Å².